The van der Waals surface area contributed by atoms with Crippen LogP contribution in [0, 0.1) is 24.1 Å². The van der Waals surface area contributed by atoms with E-state index in [-0.39, 0.29) is 17.4 Å². The van der Waals surface area contributed by atoms with Crippen LogP contribution in [0.3, 0.4) is 0 Å². The second-order valence-corrected chi connectivity index (χ2v) is 9.98. The van der Waals surface area contributed by atoms with Crippen molar-refractivity contribution in [2.24, 2.45) is 0 Å². The number of nitrogens with one attached hydrogen (secondary N) is 1. The van der Waals surface area contributed by atoms with Crippen LogP contribution >= 0.6 is 11.9 Å². The summed E-state index contributed by atoms with van der Waals surface area (Å²) < 4.78 is 35.8. The number of rotatable bonds is 8. The highest BCUT2D eigenvalue weighted by atomic mass is 32.2. The Morgan fingerprint density at radius 1 is 1.18 bits per heavy atom. The molecule has 5 rings (SSSR count). The van der Waals surface area contributed by atoms with Crippen molar-refractivity contribution in [1.29, 1.82) is 5.26 Å². The van der Waals surface area contributed by atoms with Gasteiger partial charge in [0, 0.05) is 18.3 Å². The Hall–Kier alpha value is -4.28. The number of hydrogen-bond donors (Lipinski definition) is 2. The monoisotopic (exact) mass is 551 g/mol. The number of β-amino-alcohol motifs (C(OH)–C–C–N with tert-alkyl or cyclic N) is 1. The zero-order valence-corrected chi connectivity index (χ0v) is 22.3. The average Bonchev–Trinajstić information content (AvgIpc) is 3.56. The fraction of sp³-hybridized carbons (Fsp3) is 0.308. The number of nitrogens with zero attached hydrogens (tertiary/aromatic N) is 6. The SMILES string of the molecule is COc1cccc(OC)c1-n1c(NSC2CC(O)CN(c3ncc(F)cc3C#N)C2)nnc1-c1ccc(C)o1. The van der Waals surface area contributed by atoms with E-state index in [9.17, 15) is 14.8 Å². The molecule has 1 aromatic carbocycles. The first-order chi connectivity index (χ1) is 18.9. The van der Waals surface area contributed by atoms with Crippen molar-refractivity contribution >= 4 is 23.7 Å². The van der Waals surface area contributed by atoms with E-state index in [1.165, 1.54) is 11.9 Å². The normalized spacial score (nSPS) is 17.1. The summed E-state index contributed by atoms with van der Waals surface area (Å²) in [4.78, 5) is 5.90. The third-order valence-electron chi connectivity index (χ3n) is 6.21. The van der Waals surface area contributed by atoms with Gasteiger partial charge in [-0.05, 0) is 55.6 Å². The summed E-state index contributed by atoms with van der Waals surface area (Å²) in [5.74, 6) is 2.88. The van der Waals surface area contributed by atoms with Gasteiger partial charge in [0.15, 0.2) is 5.76 Å². The minimum atomic E-state index is -0.676. The summed E-state index contributed by atoms with van der Waals surface area (Å²) in [7, 11) is 3.14. The summed E-state index contributed by atoms with van der Waals surface area (Å²) in [5, 5.41) is 28.7. The van der Waals surface area contributed by atoms with Gasteiger partial charge in [0.2, 0.25) is 11.8 Å². The van der Waals surface area contributed by atoms with E-state index < -0.39 is 11.9 Å². The molecule has 0 bridgehead atoms. The number of halogens is 1. The first-order valence-electron chi connectivity index (χ1n) is 12.1. The topological polar surface area (TPSA) is 134 Å². The Morgan fingerprint density at radius 3 is 2.62 bits per heavy atom. The maximum Gasteiger partial charge on any atom is 0.239 e. The number of pyridine rings is 1. The van der Waals surface area contributed by atoms with Crippen LogP contribution in [0.15, 0.2) is 47.0 Å². The molecule has 1 fully saturated rings. The van der Waals surface area contributed by atoms with Crippen molar-refractivity contribution in [2.75, 3.05) is 36.9 Å². The van der Waals surface area contributed by atoms with Gasteiger partial charge >= 0.3 is 0 Å². The van der Waals surface area contributed by atoms with Gasteiger partial charge in [0.25, 0.3) is 0 Å². The number of ether oxygens (including phenoxy) is 2. The molecule has 13 heteroatoms. The number of benzene rings is 1. The number of methoxy groups -OCH3 is 2. The number of nitriles is 1. The van der Waals surface area contributed by atoms with Gasteiger partial charge in [-0.3, -0.25) is 9.29 Å². The van der Waals surface area contributed by atoms with Crippen LogP contribution in [0.5, 0.6) is 11.5 Å². The second-order valence-electron chi connectivity index (χ2n) is 8.88. The number of aromatic nitrogens is 4. The fourth-order valence-corrected chi connectivity index (χ4v) is 5.49. The lowest BCUT2D eigenvalue weighted by Crippen LogP contribution is -2.45. The van der Waals surface area contributed by atoms with Gasteiger partial charge in [-0.15, -0.1) is 10.2 Å². The summed E-state index contributed by atoms with van der Waals surface area (Å²) >= 11 is 1.35. The van der Waals surface area contributed by atoms with Gasteiger partial charge in [0.05, 0.1) is 32.1 Å². The maximum absolute atomic E-state index is 13.6. The van der Waals surface area contributed by atoms with Crippen LogP contribution in [-0.2, 0) is 0 Å². The fourth-order valence-electron chi connectivity index (χ4n) is 4.52. The molecule has 2 atom stereocenters. The molecule has 0 amide bonds. The van der Waals surface area contributed by atoms with Crippen LogP contribution in [0.4, 0.5) is 16.2 Å². The van der Waals surface area contributed by atoms with Gasteiger partial charge < -0.3 is 23.9 Å². The number of piperidine rings is 1. The van der Waals surface area contributed by atoms with Crippen LogP contribution in [0.25, 0.3) is 17.3 Å². The molecule has 0 spiro atoms. The van der Waals surface area contributed by atoms with Gasteiger partial charge in [0.1, 0.15) is 40.7 Å². The highest BCUT2D eigenvalue weighted by Gasteiger charge is 2.30. The second kappa shape index (κ2) is 11.2. The number of anilines is 2. The third kappa shape index (κ3) is 5.34. The molecule has 2 unspecified atom stereocenters. The molecule has 1 saturated heterocycles. The molecule has 11 nitrogen and oxygen atoms in total. The number of furan rings is 1. The Labute approximate surface area is 228 Å². The molecular formula is C26H26FN7O4S. The Bertz CT molecular complexity index is 1500. The molecule has 4 aromatic rings. The number of para-hydroxylation sites is 1. The molecule has 1 aliphatic heterocycles. The first-order valence-corrected chi connectivity index (χ1v) is 12.9. The lowest BCUT2D eigenvalue weighted by Gasteiger charge is -2.36. The zero-order valence-electron chi connectivity index (χ0n) is 21.5. The molecule has 39 heavy (non-hydrogen) atoms. The van der Waals surface area contributed by atoms with E-state index >= 15 is 0 Å². The zero-order chi connectivity index (χ0) is 27.5. The first kappa shape index (κ1) is 26.3. The highest BCUT2D eigenvalue weighted by molar-refractivity contribution is 8.01. The highest BCUT2D eigenvalue weighted by Crippen LogP contribution is 2.39. The number of hydrogen-bond acceptors (Lipinski definition) is 11. The van der Waals surface area contributed by atoms with Crippen LogP contribution in [-0.4, -0.2) is 63.5 Å². The van der Waals surface area contributed by atoms with E-state index in [1.54, 1.807) is 23.7 Å². The predicted molar refractivity (Wildman–Crippen MR) is 144 cm³/mol. The van der Waals surface area contributed by atoms with Gasteiger partial charge in [-0.25, -0.2) is 9.37 Å². The molecule has 0 aliphatic carbocycles. The smallest absolute Gasteiger partial charge is 0.239 e. The third-order valence-corrected chi connectivity index (χ3v) is 7.18. The quantitative estimate of drug-likeness (QED) is 0.308. The maximum atomic E-state index is 13.6. The van der Waals surface area contributed by atoms with E-state index in [4.69, 9.17) is 13.9 Å². The van der Waals surface area contributed by atoms with E-state index in [0.717, 1.165) is 18.0 Å². The van der Waals surface area contributed by atoms with E-state index in [1.807, 2.05) is 43.3 Å². The van der Waals surface area contributed by atoms with E-state index in [0.29, 0.717) is 53.5 Å². The molecule has 1 aliphatic rings. The van der Waals surface area contributed by atoms with Crippen molar-refractivity contribution in [3.05, 3.63) is 59.7 Å². The lowest BCUT2D eigenvalue weighted by molar-refractivity contribution is 0.156. The number of aryl methyl sites for hydroxylation is 1. The van der Waals surface area contributed by atoms with Gasteiger partial charge in [-0.2, -0.15) is 5.26 Å². The van der Waals surface area contributed by atoms with Crippen molar-refractivity contribution in [1.82, 2.24) is 19.7 Å². The van der Waals surface area contributed by atoms with Crippen molar-refractivity contribution in [2.45, 2.75) is 24.7 Å². The number of aliphatic hydroxyl groups excluding tert-OH is 1. The lowest BCUT2D eigenvalue weighted by atomic mass is 10.1. The molecule has 0 radical (unpaired) electrons. The van der Waals surface area contributed by atoms with Gasteiger partial charge in [-0.1, -0.05) is 6.07 Å². The standard InChI is InChI=1S/C26H26FN7O4S/c1-15-7-8-22(38-15)25-30-31-26(34(25)23-20(36-2)5-4-6-21(23)37-3)32-39-19-10-18(35)13-33(14-19)24-16(11-28)9-17(27)12-29-24/h4-9,12,18-19,35H,10,13-14H2,1-3H3,(H,31,32). The Kier molecular flexibility index (Phi) is 7.58. The van der Waals surface area contributed by atoms with Crippen molar-refractivity contribution in [3.63, 3.8) is 0 Å². The van der Waals surface area contributed by atoms with Crippen molar-refractivity contribution < 1.29 is 23.4 Å². The minimum absolute atomic E-state index is 0.113. The minimum Gasteiger partial charge on any atom is -0.494 e. The largest absolute Gasteiger partial charge is 0.494 e. The Morgan fingerprint density at radius 2 is 1.95 bits per heavy atom. The number of aliphatic hydroxyl groups is 1. The summed E-state index contributed by atoms with van der Waals surface area (Å²) in [6.45, 7) is 2.58. The van der Waals surface area contributed by atoms with Crippen LogP contribution in [0.2, 0.25) is 0 Å². The van der Waals surface area contributed by atoms with Crippen molar-refractivity contribution in [3.8, 4) is 34.8 Å². The average molecular weight is 552 g/mol. The molecule has 2 N–H and O–H groups in total. The Balaban J connectivity index is 1.47. The van der Waals surface area contributed by atoms with Crippen LogP contribution in [0.1, 0.15) is 17.7 Å². The molecule has 3 aromatic heterocycles. The summed E-state index contributed by atoms with van der Waals surface area (Å²) in [6, 6.07) is 12.2. The molecule has 202 valence electrons. The summed E-state index contributed by atoms with van der Waals surface area (Å²) in [6.07, 6.45) is 0.872. The molecule has 0 saturated carbocycles. The van der Waals surface area contributed by atoms with Crippen LogP contribution < -0.4 is 19.1 Å². The van der Waals surface area contributed by atoms with E-state index in [2.05, 4.69) is 19.9 Å². The summed E-state index contributed by atoms with van der Waals surface area (Å²) in [5.41, 5.74) is 0.696. The molecule has 4 heterocycles. The molecular weight excluding hydrogens is 525 g/mol. The predicted octanol–water partition coefficient (Wildman–Crippen LogP) is 3.96.